The lowest BCUT2D eigenvalue weighted by Crippen LogP contribution is -2.46. The molecule has 1 aliphatic heterocycles. The van der Waals surface area contributed by atoms with Gasteiger partial charge in [-0.1, -0.05) is 6.92 Å². The second-order valence-electron chi connectivity index (χ2n) is 6.96. The summed E-state index contributed by atoms with van der Waals surface area (Å²) in [6, 6.07) is 7.45. The Hall–Kier alpha value is -2.74. The molecule has 3 rings (SSSR count). The van der Waals surface area contributed by atoms with Gasteiger partial charge < -0.3 is 20.4 Å². The molecule has 0 unspecified atom stereocenters. The van der Waals surface area contributed by atoms with Crippen LogP contribution in [0.25, 0.3) is 0 Å². The van der Waals surface area contributed by atoms with Crippen molar-refractivity contribution in [3.8, 4) is 0 Å². The average Bonchev–Trinajstić information content (AvgIpc) is 2.76. The number of halogens is 2. The lowest BCUT2D eigenvalue weighted by molar-refractivity contribution is 0.270. The lowest BCUT2D eigenvalue weighted by Gasteiger charge is -2.34. The minimum absolute atomic E-state index is 0.145. The van der Waals surface area contributed by atoms with Crippen molar-refractivity contribution in [2.45, 2.75) is 20.0 Å². The minimum atomic E-state index is -0.463. The average molecular weight is 402 g/mol. The maximum atomic E-state index is 13.8. The predicted octanol–water partition coefficient (Wildman–Crippen LogP) is 2.37. The zero-order valence-electron chi connectivity index (χ0n) is 17.0. The Labute approximate surface area is 170 Å². The summed E-state index contributed by atoms with van der Waals surface area (Å²) in [5, 5.41) is 6.22. The zero-order chi connectivity index (χ0) is 20.6. The van der Waals surface area contributed by atoms with Crippen LogP contribution in [0.4, 0.5) is 14.6 Å². The normalized spacial score (nSPS) is 15.4. The number of aromatic nitrogens is 1. The van der Waals surface area contributed by atoms with Gasteiger partial charge in [-0.3, -0.25) is 4.99 Å². The fourth-order valence-corrected chi connectivity index (χ4v) is 3.30. The summed E-state index contributed by atoms with van der Waals surface area (Å²) < 4.78 is 27.1. The van der Waals surface area contributed by atoms with Crippen LogP contribution in [0, 0.1) is 11.6 Å². The van der Waals surface area contributed by atoms with Gasteiger partial charge in [-0.05, 0) is 42.4 Å². The molecule has 1 saturated heterocycles. The van der Waals surface area contributed by atoms with Crippen LogP contribution in [-0.4, -0.2) is 55.6 Å². The molecule has 29 heavy (non-hydrogen) atoms. The first kappa shape index (κ1) is 21.0. The number of hydrogen-bond donors (Lipinski definition) is 2. The van der Waals surface area contributed by atoms with Gasteiger partial charge in [0.25, 0.3) is 0 Å². The largest absolute Gasteiger partial charge is 0.354 e. The SMILES string of the molecule is CCN1CCN(c2cc(CNC(=NC)NCc3cc(F)ccc3F)ccn2)CC1. The van der Waals surface area contributed by atoms with Gasteiger partial charge in [0.2, 0.25) is 0 Å². The van der Waals surface area contributed by atoms with Crippen LogP contribution < -0.4 is 15.5 Å². The Morgan fingerprint density at radius 2 is 1.83 bits per heavy atom. The van der Waals surface area contributed by atoms with E-state index in [2.05, 4.69) is 43.4 Å². The van der Waals surface area contributed by atoms with Crippen LogP contribution in [0.1, 0.15) is 18.1 Å². The fourth-order valence-electron chi connectivity index (χ4n) is 3.30. The van der Waals surface area contributed by atoms with E-state index >= 15 is 0 Å². The van der Waals surface area contributed by atoms with Gasteiger partial charge in [-0.25, -0.2) is 13.8 Å². The molecule has 0 saturated carbocycles. The number of nitrogens with one attached hydrogen (secondary N) is 2. The molecular formula is C21H28F2N6. The molecule has 0 bridgehead atoms. The summed E-state index contributed by atoms with van der Waals surface area (Å²) in [5.41, 5.74) is 1.33. The minimum Gasteiger partial charge on any atom is -0.354 e. The molecule has 8 heteroatoms. The van der Waals surface area contributed by atoms with Crippen molar-refractivity contribution < 1.29 is 8.78 Å². The highest BCUT2D eigenvalue weighted by Gasteiger charge is 2.16. The molecule has 156 valence electrons. The molecular weight excluding hydrogens is 374 g/mol. The van der Waals surface area contributed by atoms with Gasteiger partial charge in [0.1, 0.15) is 17.5 Å². The van der Waals surface area contributed by atoms with E-state index in [1.807, 2.05) is 12.3 Å². The van der Waals surface area contributed by atoms with Gasteiger partial charge in [0.05, 0.1) is 0 Å². The number of piperazine rings is 1. The van der Waals surface area contributed by atoms with Gasteiger partial charge in [-0.2, -0.15) is 0 Å². The highest BCUT2D eigenvalue weighted by atomic mass is 19.1. The summed E-state index contributed by atoms with van der Waals surface area (Å²) in [5.74, 6) is 0.583. The van der Waals surface area contributed by atoms with Crippen LogP contribution in [0.3, 0.4) is 0 Å². The topological polar surface area (TPSA) is 55.8 Å². The molecule has 0 radical (unpaired) electrons. The van der Waals surface area contributed by atoms with E-state index in [0.717, 1.165) is 56.2 Å². The second-order valence-corrected chi connectivity index (χ2v) is 6.96. The van der Waals surface area contributed by atoms with E-state index in [1.165, 1.54) is 6.07 Å². The number of hydrogen-bond acceptors (Lipinski definition) is 4. The van der Waals surface area contributed by atoms with E-state index in [1.54, 1.807) is 7.05 Å². The van der Waals surface area contributed by atoms with E-state index in [9.17, 15) is 8.78 Å². The molecule has 2 aromatic rings. The van der Waals surface area contributed by atoms with Gasteiger partial charge >= 0.3 is 0 Å². The number of guanidine groups is 1. The number of rotatable bonds is 6. The Morgan fingerprint density at radius 3 is 2.55 bits per heavy atom. The number of benzene rings is 1. The Balaban J connectivity index is 1.54. The standard InChI is InChI=1S/C21H28F2N6/c1-3-28-8-10-29(11-9-28)20-12-16(6-7-25-20)14-26-21(24-2)27-15-17-13-18(22)4-5-19(17)23/h4-7,12-13H,3,8-11,14-15H2,1-2H3,(H2,24,26,27). The van der Waals surface area contributed by atoms with Crippen molar-refractivity contribution in [3.63, 3.8) is 0 Å². The highest BCUT2D eigenvalue weighted by Crippen LogP contribution is 2.15. The fraction of sp³-hybridized carbons (Fsp3) is 0.429. The van der Waals surface area contributed by atoms with Crippen LogP contribution in [-0.2, 0) is 13.1 Å². The monoisotopic (exact) mass is 402 g/mol. The highest BCUT2D eigenvalue weighted by molar-refractivity contribution is 5.79. The van der Waals surface area contributed by atoms with Crippen molar-refractivity contribution in [1.29, 1.82) is 0 Å². The molecule has 2 heterocycles. The molecule has 1 fully saturated rings. The third kappa shape index (κ3) is 5.87. The Morgan fingerprint density at radius 1 is 1.07 bits per heavy atom. The number of likely N-dealkylation sites (N-methyl/N-ethyl adjacent to an activating group) is 1. The van der Waals surface area contributed by atoms with Crippen molar-refractivity contribution in [3.05, 3.63) is 59.3 Å². The van der Waals surface area contributed by atoms with Crippen molar-refractivity contribution in [2.24, 2.45) is 4.99 Å². The zero-order valence-corrected chi connectivity index (χ0v) is 17.0. The Kier molecular flexibility index (Phi) is 7.35. The molecule has 0 aliphatic carbocycles. The first-order chi connectivity index (χ1) is 14.1. The number of anilines is 1. The van der Waals surface area contributed by atoms with Crippen LogP contribution >= 0.6 is 0 Å². The molecule has 1 aliphatic rings. The smallest absolute Gasteiger partial charge is 0.191 e. The van der Waals surface area contributed by atoms with Gasteiger partial charge in [0, 0.05) is 58.1 Å². The maximum absolute atomic E-state index is 13.8. The van der Waals surface area contributed by atoms with Crippen LogP contribution in [0.5, 0.6) is 0 Å². The molecule has 0 amide bonds. The number of nitrogens with zero attached hydrogens (tertiary/aromatic N) is 4. The lowest BCUT2D eigenvalue weighted by atomic mass is 10.2. The number of pyridine rings is 1. The maximum Gasteiger partial charge on any atom is 0.191 e. The number of aliphatic imine (C=N–C) groups is 1. The molecule has 1 aromatic heterocycles. The van der Waals surface area contributed by atoms with Crippen molar-refractivity contribution in [1.82, 2.24) is 20.5 Å². The molecule has 1 aromatic carbocycles. The predicted molar refractivity (Wildman–Crippen MR) is 112 cm³/mol. The third-order valence-electron chi connectivity index (χ3n) is 5.09. The van der Waals surface area contributed by atoms with Crippen molar-refractivity contribution in [2.75, 3.05) is 44.7 Å². The van der Waals surface area contributed by atoms with Crippen molar-refractivity contribution >= 4 is 11.8 Å². The first-order valence-corrected chi connectivity index (χ1v) is 9.89. The summed E-state index contributed by atoms with van der Waals surface area (Å²) in [4.78, 5) is 13.4. The molecule has 6 nitrogen and oxygen atoms in total. The van der Waals surface area contributed by atoms with Gasteiger partial charge in [-0.15, -0.1) is 0 Å². The van der Waals surface area contributed by atoms with Gasteiger partial charge in [0.15, 0.2) is 5.96 Å². The van der Waals surface area contributed by atoms with Crippen LogP contribution in [0.15, 0.2) is 41.5 Å². The van der Waals surface area contributed by atoms with E-state index < -0.39 is 11.6 Å². The summed E-state index contributed by atoms with van der Waals surface area (Å²) in [6.45, 7) is 8.00. The molecule has 0 atom stereocenters. The third-order valence-corrected chi connectivity index (χ3v) is 5.09. The summed E-state index contributed by atoms with van der Waals surface area (Å²) in [7, 11) is 1.64. The summed E-state index contributed by atoms with van der Waals surface area (Å²) in [6.07, 6.45) is 1.82. The summed E-state index contributed by atoms with van der Waals surface area (Å²) >= 11 is 0. The van der Waals surface area contributed by atoms with E-state index in [0.29, 0.717) is 12.5 Å². The van der Waals surface area contributed by atoms with E-state index in [-0.39, 0.29) is 12.1 Å². The Bertz CT molecular complexity index is 834. The van der Waals surface area contributed by atoms with Crippen LogP contribution in [0.2, 0.25) is 0 Å². The second kappa shape index (κ2) is 10.2. The molecule has 2 N–H and O–H groups in total. The first-order valence-electron chi connectivity index (χ1n) is 9.89. The molecule has 0 spiro atoms. The van der Waals surface area contributed by atoms with E-state index in [4.69, 9.17) is 0 Å². The quantitative estimate of drug-likeness (QED) is 0.574.